The summed E-state index contributed by atoms with van der Waals surface area (Å²) in [6.45, 7) is 0. The first-order chi connectivity index (χ1) is 11.5. The predicted molar refractivity (Wildman–Crippen MR) is 90.3 cm³/mol. The summed E-state index contributed by atoms with van der Waals surface area (Å²) in [4.78, 5) is 27.3. The molecule has 7 nitrogen and oxygen atoms in total. The predicted octanol–water partition coefficient (Wildman–Crippen LogP) is 2.90. The van der Waals surface area contributed by atoms with Crippen molar-refractivity contribution in [3.63, 3.8) is 0 Å². The van der Waals surface area contributed by atoms with Crippen molar-refractivity contribution in [2.75, 3.05) is 7.11 Å². The highest BCUT2D eigenvalue weighted by molar-refractivity contribution is 7.16. The van der Waals surface area contributed by atoms with E-state index in [1.165, 1.54) is 23.5 Å². The van der Waals surface area contributed by atoms with E-state index in [4.69, 9.17) is 4.74 Å². The first-order valence-electron chi connectivity index (χ1n) is 6.96. The van der Waals surface area contributed by atoms with Gasteiger partial charge in [-0.2, -0.15) is 4.99 Å². The number of non-ortho nitro benzene ring substituents is 1. The molecule has 1 amide bonds. The van der Waals surface area contributed by atoms with Gasteiger partial charge in [-0.05, 0) is 30.3 Å². The molecule has 0 unspecified atom stereocenters. The minimum Gasteiger partial charge on any atom is -0.497 e. The Hall–Kier alpha value is -3.00. The number of nitrogens with zero attached hydrogens (tertiary/aromatic N) is 3. The van der Waals surface area contributed by atoms with Gasteiger partial charge >= 0.3 is 0 Å². The Morgan fingerprint density at radius 1 is 1.25 bits per heavy atom. The number of rotatable bonds is 3. The van der Waals surface area contributed by atoms with E-state index in [0.29, 0.717) is 21.6 Å². The second kappa shape index (κ2) is 6.25. The number of benzene rings is 2. The average molecular weight is 343 g/mol. The number of carbonyl (C=O) groups excluding carboxylic acids is 1. The van der Waals surface area contributed by atoms with Gasteiger partial charge in [0.2, 0.25) is 0 Å². The highest BCUT2D eigenvalue weighted by atomic mass is 32.1. The van der Waals surface area contributed by atoms with Gasteiger partial charge < -0.3 is 9.30 Å². The third kappa shape index (κ3) is 2.91. The third-order valence-electron chi connectivity index (χ3n) is 3.54. The number of aromatic nitrogens is 1. The summed E-state index contributed by atoms with van der Waals surface area (Å²) in [7, 11) is 3.28. The van der Waals surface area contributed by atoms with Crippen molar-refractivity contribution >= 4 is 33.1 Å². The van der Waals surface area contributed by atoms with E-state index >= 15 is 0 Å². The molecule has 0 N–H and O–H groups in total. The maximum atomic E-state index is 12.3. The molecule has 0 aliphatic carbocycles. The zero-order valence-electron chi connectivity index (χ0n) is 12.9. The van der Waals surface area contributed by atoms with E-state index in [-0.39, 0.29) is 11.6 Å². The van der Waals surface area contributed by atoms with Gasteiger partial charge in [0.1, 0.15) is 5.75 Å². The summed E-state index contributed by atoms with van der Waals surface area (Å²) < 4.78 is 7.56. The summed E-state index contributed by atoms with van der Waals surface area (Å²) in [5, 5.41) is 10.9. The molecule has 24 heavy (non-hydrogen) atoms. The van der Waals surface area contributed by atoms with Gasteiger partial charge in [-0.3, -0.25) is 14.9 Å². The number of nitro groups is 1. The number of ether oxygens (including phenoxy) is 1. The topological polar surface area (TPSA) is 86.7 Å². The first kappa shape index (κ1) is 15.9. The van der Waals surface area contributed by atoms with Gasteiger partial charge in [0.25, 0.3) is 11.6 Å². The lowest BCUT2D eigenvalue weighted by Crippen LogP contribution is -2.13. The van der Waals surface area contributed by atoms with Crippen LogP contribution in [0.1, 0.15) is 10.4 Å². The van der Waals surface area contributed by atoms with Crippen molar-refractivity contribution in [2.24, 2.45) is 12.0 Å². The molecule has 122 valence electrons. The Morgan fingerprint density at radius 3 is 2.58 bits per heavy atom. The van der Waals surface area contributed by atoms with Crippen LogP contribution in [0.15, 0.2) is 47.5 Å². The van der Waals surface area contributed by atoms with E-state index in [9.17, 15) is 14.9 Å². The van der Waals surface area contributed by atoms with Crippen LogP contribution in [-0.4, -0.2) is 22.5 Å². The largest absolute Gasteiger partial charge is 0.497 e. The molecule has 2 aromatic carbocycles. The number of thiazole rings is 1. The number of hydrogen-bond donors (Lipinski definition) is 0. The van der Waals surface area contributed by atoms with Crippen LogP contribution in [0, 0.1) is 10.1 Å². The van der Waals surface area contributed by atoms with E-state index in [1.807, 2.05) is 0 Å². The SMILES string of the molecule is COc1ccc(C(=O)N=c2sc3ccc([N+](=O)[O-])cc3n2C)cc1. The second-order valence-corrected chi connectivity index (χ2v) is 6.01. The van der Waals surface area contributed by atoms with Crippen LogP contribution in [0.3, 0.4) is 0 Å². The molecule has 0 aliphatic rings. The summed E-state index contributed by atoms with van der Waals surface area (Å²) in [5.74, 6) is 0.278. The quantitative estimate of drug-likeness (QED) is 0.540. The van der Waals surface area contributed by atoms with Crippen molar-refractivity contribution in [1.29, 1.82) is 0 Å². The maximum Gasteiger partial charge on any atom is 0.279 e. The van der Waals surface area contributed by atoms with Gasteiger partial charge in [0.05, 0.1) is 22.2 Å². The molecule has 1 aromatic heterocycles. The summed E-state index contributed by atoms with van der Waals surface area (Å²) >= 11 is 1.30. The summed E-state index contributed by atoms with van der Waals surface area (Å²) in [6, 6.07) is 11.2. The fourth-order valence-corrected chi connectivity index (χ4v) is 3.22. The fourth-order valence-electron chi connectivity index (χ4n) is 2.22. The Labute approximate surface area is 140 Å². The van der Waals surface area contributed by atoms with E-state index in [0.717, 1.165) is 4.70 Å². The Bertz CT molecular complexity index is 1000. The fraction of sp³-hybridized carbons (Fsp3) is 0.125. The molecule has 0 atom stereocenters. The Kier molecular flexibility index (Phi) is 4.13. The van der Waals surface area contributed by atoms with Crippen LogP contribution in [0.2, 0.25) is 0 Å². The molecule has 0 spiro atoms. The van der Waals surface area contributed by atoms with Crippen molar-refractivity contribution in [3.8, 4) is 5.75 Å². The second-order valence-electron chi connectivity index (χ2n) is 5.00. The maximum absolute atomic E-state index is 12.3. The number of aryl methyl sites for hydroxylation is 1. The summed E-state index contributed by atoms with van der Waals surface area (Å²) in [6.07, 6.45) is 0. The van der Waals surface area contributed by atoms with Crippen LogP contribution >= 0.6 is 11.3 Å². The van der Waals surface area contributed by atoms with E-state index < -0.39 is 4.92 Å². The molecular weight excluding hydrogens is 330 g/mol. The minimum atomic E-state index is -0.448. The van der Waals surface area contributed by atoms with Crippen molar-refractivity contribution < 1.29 is 14.5 Å². The third-order valence-corrected chi connectivity index (χ3v) is 4.65. The zero-order chi connectivity index (χ0) is 17.3. The molecule has 1 heterocycles. The average Bonchev–Trinajstić information content (AvgIpc) is 2.90. The monoisotopic (exact) mass is 343 g/mol. The molecule has 0 fully saturated rings. The highest BCUT2D eigenvalue weighted by Crippen LogP contribution is 2.22. The van der Waals surface area contributed by atoms with E-state index in [1.54, 1.807) is 49.1 Å². The van der Waals surface area contributed by atoms with Crippen molar-refractivity contribution in [3.05, 3.63) is 62.9 Å². The van der Waals surface area contributed by atoms with Gasteiger partial charge in [-0.25, -0.2) is 0 Å². The Balaban J connectivity index is 2.04. The number of methoxy groups -OCH3 is 1. The number of hydrogen-bond acceptors (Lipinski definition) is 5. The van der Waals surface area contributed by atoms with Crippen LogP contribution < -0.4 is 9.54 Å². The number of carbonyl (C=O) groups is 1. The van der Waals surface area contributed by atoms with Crippen LogP contribution in [0.4, 0.5) is 5.69 Å². The lowest BCUT2D eigenvalue weighted by atomic mass is 10.2. The molecule has 3 aromatic rings. The number of amides is 1. The molecule has 0 aliphatic heterocycles. The zero-order valence-corrected chi connectivity index (χ0v) is 13.7. The molecule has 0 bridgehead atoms. The minimum absolute atomic E-state index is 0.00364. The van der Waals surface area contributed by atoms with Crippen LogP contribution in [-0.2, 0) is 7.05 Å². The van der Waals surface area contributed by atoms with Crippen molar-refractivity contribution in [1.82, 2.24) is 4.57 Å². The molecule has 0 radical (unpaired) electrons. The normalized spacial score (nSPS) is 11.7. The number of nitro benzene ring substituents is 1. The van der Waals surface area contributed by atoms with Crippen LogP contribution in [0.25, 0.3) is 10.2 Å². The van der Waals surface area contributed by atoms with Gasteiger partial charge in [0.15, 0.2) is 4.80 Å². The smallest absolute Gasteiger partial charge is 0.279 e. The van der Waals surface area contributed by atoms with Crippen LogP contribution in [0.5, 0.6) is 5.75 Å². The molecule has 0 saturated carbocycles. The standard InChI is InChI=1S/C16H13N3O4S/c1-18-13-9-11(19(21)22)5-8-14(13)24-16(18)17-15(20)10-3-6-12(23-2)7-4-10/h3-9H,1-2H3. The highest BCUT2D eigenvalue weighted by Gasteiger charge is 2.11. The molecule has 3 rings (SSSR count). The number of fused-ring (bicyclic) bond motifs is 1. The molecule has 0 saturated heterocycles. The van der Waals surface area contributed by atoms with E-state index in [2.05, 4.69) is 4.99 Å². The molecular formula is C16H13N3O4S. The van der Waals surface area contributed by atoms with Crippen molar-refractivity contribution in [2.45, 2.75) is 0 Å². The van der Waals surface area contributed by atoms with Gasteiger partial charge in [-0.1, -0.05) is 11.3 Å². The lowest BCUT2D eigenvalue weighted by Gasteiger charge is -1.99. The Morgan fingerprint density at radius 2 is 1.96 bits per heavy atom. The first-order valence-corrected chi connectivity index (χ1v) is 7.78. The van der Waals surface area contributed by atoms with Gasteiger partial charge in [-0.15, -0.1) is 0 Å². The van der Waals surface area contributed by atoms with Gasteiger partial charge in [0, 0.05) is 24.7 Å². The summed E-state index contributed by atoms with van der Waals surface area (Å²) in [5.41, 5.74) is 1.11. The molecule has 8 heteroatoms. The lowest BCUT2D eigenvalue weighted by molar-refractivity contribution is -0.384.